The fourth-order valence-electron chi connectivity index (χ4n) is 2.34. The normalized spacial score (nSPS) is 11.9. The molecule has 3 nitrogen and oxygen atoms in total. The van der Waals surface area contributed by atoms with E-state index < -0.39 is 6.10 Å². The molecule has 1 unspecified atom stereocenters. The van der Waals surface area contributed by atoms with E-state index in [2.05, 4.69) is 21.2 Å². The molecule has 3 aromatic rings. The summed E-state index contributed by atoms with van der Waals surface area (Å²) < 4.78 is 6.65. The van der Waals surface area contributed by atoms with Crippen molar-refractivity contribution in [3.63, 3.8) is 0 Å². The van der Waals surface area contributed by atoms with Crippen molar-refractivity contribution in [1.29, 1.82) is 0 Å². The zero-order chi connectivity index (χ0) is 16.2. The molecule has 0 aliphatic carbocycles. The number of hydrogen-bond acceptors (Lipinski definition) is 2. The molecule has 1 N–H and O–H groups in total. The van der Waals surface area contributed by atoms with Crippen LogP contribution in [0.3, 0.4) is 0 Å². The van der Waals surface area contributed by atoms with Crippen molar-refractivity contribution < 1.29 is 9.53 Å². The molecule has 0 aliphatic heterocycles. The number of hydrogen-bond donors (Lipinski definition) is 1. The van der Waals surface area contributed by atoms with Crippen LogP contribution in [-0.4, -0.2) is 12.0 Å². The van der Waals surface area contributed by atoms with E-state index in [0.29, 0.717) is 5.75 Å². The number of halogens is 1. The lowest BCUT2D eigenvalue weighted by Gasteiger charge is -2.15. The van der Waals surface area contributed by atoms with Crippen LogP contribution in [-0.2, 0) is 4.79 Å². The van der Waals surface area contributed by atoms with E-state index in [0.717, 1.165) is 20.9 Å². The summed E-state index contributed by atoms with van der Waals surface area (Å²) >= 11 is 3.37. The van der Waals surface area contributed by atoms with Crippen LogP contribution in [0.1, 0.15) is 6.92 Å². The van der Waals surface area contributed by atoms with Crippen LogP contribution in [0.15, 0.2) is 71.2 Å². The summed E-state index contributed by atoms with van der Waals surface area (Å²) in [5, 5.41) is 5.05. The van der Waals surface area contributed by atoms with Crippen molar-refractivity contribution in [3.05, 3.63) is 71.2 Å². The Morgan fingerprint density at radius 3 is 2.48 bits per heavy atom. The number of rotatable bonds is 4. The second kappa shape index (κ2) is 6.84. The average Bonchev–Trinajstić information content (AvgIpc) is 2.57. The van der Waals surface area contributed by atoms with E-state index >= 15 is 0 Å². The molecule has 3 rings (SSSR count). The number of anilines is 1. The van der Waals surface area contributed by atoms with Gasteiger partial charge in [-0.25, -0.2) is 0 Å². The molecule has 0 aliphatic rings. The molecule has 0 aromatic heterocycles. The van der Waals surface area contributed by atoms with Gasteiger partial charge in [-0.15, -0.1) is 0 Å². The van der Waals surface area contributed by atoms with Crippen LogP contribution in [0.5, 0.6) is 5.75 Å². The second-order valence-corrected chi connectivity index (χ2v) is 6.15. The Morgan fingerprint density at radius 2 is 1.70 bits per heavy atom. The zero-order valence-corrected chi connectivity index (χ0v) is 14.2. The van der Waals surface area contributed by atoms with Crippen molar-refractivity contribution in [2.45, 2.75) is 13.0 Å². The highest BCUT2D eigenvalue weighted by atomic mass is 79.9. The van der Waals surface area contributed by atoms with E-state index in [1.54, 1.807) is 6.92 Å². The molecular formula is C19H16BrNO2. The second-order valence-electron chi connectivity index (χ2n) is 5.23. The van der Waals surface area contributed by atoms with Gasteiger partial charge < -0.3 is 10.1 Å². The third kappa shape index (κ3) is 3.71. The van der Waals surface area contributed by atoms with Crippen molar-refractivity contribution in [2.75, 3.05) is 5.32 Å². The number of amides is 1. The first-order chi connectivity index (χ1) is 11.1. The first-order valence-electron chi connectivity index (χ1n) is 7.34. The average molecular weight is 370 g/mol. The number of carbonyl (C=O) groups excluding carboxylic acids is 1. The van der Waals surface area contributed by atoms with Gasteiger partial charge in [-0.1, -0.05) is 52.3 Å². The number of benzene rings is 3. The van der Waals surface area contributed by atoms with Gasteiger partial charge in [0.15, 0.2) is 6.10 Å². The lowest BCUT2D eigenvalue weighted by molar-refractivity contribution is -0.122. The predicted molar refractivity (Wildman–Crippen MR) is 96.8 cm³/mol. The van der Waals surface area contributed by atoms with Crippen molar-refractivity contribution in [2.24, 2.45) is 0 Å². The van der Waals surface area contributed by atoms with Gasteiger partial charge in [0.05, 0.1) is 0 Å². The van der Waals surface area contributed by atoms with E-state index in [1.165, 1.54) is 0 Å². The van der Waals surface area contributed by atoms with Gasteiger partial charge in [-0.2, -0.15) is 0 Å². The minimum atomic E-state index is -0.588. The van der Waals surface area contributed by atoms with Gasteiger partial charge >= 0.3 is 0 Å². The molecule has 1 amide bonds. The fourth-order valence-corrected chi connectivity index (χ4v) is 2.60. The minimum Gasteiger partial charge on any atom is -0.481 e. The van der Waals surface area contributed by atoms with E-state index in [-0.39, 0.29) is 5.91 Å². The smallest absolute Gasteiger partial charge is 0.265 e. The van der Waals surface area contributed by atoms with Crippen LogP contribution in [0.25, 0.3) is 10.8 Å². The molecule has 23 heavy (non-hydrogen) atoms. The standard InChI is InChI=1S/C19H16BrNO2/c1-13(23-16-11-9-15(20)10-12-16)19(22)21-18-8-4-6-14-5-2-3-7-17(14)18/h2-13H,1H3,(H,21,22). The lowest BCUT2D eigenvalue weighted by Crippen LogP contribution is -2.30. The summed E-state index contributed by atoms with van der Waals surface area (Å²) in [7, 11) is 0. The molecule has 0 fully saturated rings. The lowest BCUT2D eigenvalue weighted by atomic mass is 10.1. The highest BCUT2D eigenvalue weighted by Crippen LogP contribution is 2.23. The van der Waals surface area contributed by atoms with Crippen molar-refractivity contribution in [3.8, 4) is 5.75 Å². The Hall–Kier alpha value is -2.33. The molecule has 1 atom stereocenters. The van der Waals surface area contributed by atoms with Crippen LogP contribution in [0, 0.1) is 0 Å². The van der Waals surface area contributed by atoms with Crippen LogP contribution >= 0.6 is 15.9 Å². The minimum absolute atomic E-state index is 0.177. The van der Waals surface area contributed by atoms with Crippen molar-refractivity contribution in [1.82, 2.24) is 0 Å². The maximum atomic E-state index is 12.4. The molecule has 0 heterocycles. The Bertz CT molecular complexity index is 825. The molecule has 0 saturated carbocycles. The summed E-state index contributed by atoms with van der Waals surface area (Å²) in [6.07, 6.45) is -0.588. The molecule has 116 valence electrons. The number of ether oxygens (including phenoxy) is 1. The maximum absolute atomic E-state index is 12.4. The van der Waals surface area contributed by atoms with Crippen LogP contribution < -0.4 is 10.1 Å². The van der Waals surface area contributed by atoms with Gasteiger partial charge in [-0.3, -0.25) is 4.79 Å². The summed E-state index contributed by atoms with van der Waals surface area (Å²) in [4.78, 5) is 12.4. The summed E-state index contributed by atoms with van der Waals surface area (Å²) in [5.41, 5.74) is 0.791. The van der Waals surface area contributed by atoms with Crippen molar-refractivity contribution >= 4 is 38.3 Å². The third-order valence-corrected chi connectivity index (χ3v) is 4.07. The Morgan fingerprint density at radius 1 is 1.00 bits per heavy atom. The number of fused-ring (bicyclic) bond motifs is 1. The molecule has 0 bridgehead atoms. The molecule has 3 aromatic carbocycles. The molecule has 4 heteroatoms. The summed E-state index contributed by atoms with van der Waals surface area (Å²) in [5.74, 6) is 0.484. The number of carbonyl (C=O) groups is 1. The molecule has 0 radical (unpaired) electrons. The third-order valence-electron chi connectivity index (χ3n) is 3.54. The Kier molecular flexibility index (Phi) is 4.63. The van der Waals surface area contributed by atoms with E-state index in [9.17, 15) is 4.79 Å². The first-order valence-corrected chi connectivity index (χ1v) is 8.13. The SMILES string of the molecule is CC(Oc1ccc(Br)cc1)C(=O)Nc1cccc2ccccc12. The van der Waals surface area contributed by atoms with Crippen LogP contribution in [0.2, 0.25) is 0 Å². The van der Waals surface area contributed by atoms with E-state index in [4.69, 9.17) is 4.74 Å². The summed E-state index contributed by atoms with van der Waals surface area (Å²) in [6.45, 7) is 1.74. The molecule has 0 spiro atoms. The number of nitrogens with one attached hydrogen (secondary N) is 1. The van der Waals surface area contributed by atoms with E-state index in [1.807, 2.05) is 66.7 Å². The first kappa shape index (κ1) is 15.6. The monoisotopic (exact) mass is 369 g/mol. The van der Waals surface area contributed by atoms with Gasteiger partial charge in [0.2, 0.25) is 0 Å². The Balaban J connectivity index is 1.74. The highest BCUT2D eigenvalue weighted by molar-refractivity contribution is 9.10. The van der Waals surface area contributed by atoms with Gasteiger partial charge in [0, 0.05) is 15.5 Å². The Labute approximate surface area is 143 Å². The topological polar surface area (TPSA) is 38.3 Å². The van der Waals surface area contributed by atoms with Crippen LogP contribution in [0.4, 0.5) is 5.69 Å². The van der Waals surface area contributed by atoms with Gasteiger partial charge in [0.1, 0.15) is 5.75 Å². The highest BCUT2D eigenvalue weighted by Gasteiger charge is 2.15. The van der Waals surface area contributed by atoms with Gasteiger partial charge in [-0.05, 0) is 42.6 Å². The van der Waals surface area contributed by atoms with Gasteiger partial charge in [0.25, 0.3) is 5.91 Å². The zero-order valence-electron chi connectivity index (χ0n) is 12.6. The molecular weight excluding hydrogens is 354 g/mol. The quantitative estimate of drug-likeness (QED) is 0.701. The maximum Gasteiger partial charge on any atom is 0.265 e. The molecule has 0 saturated heterocycles. The largest absolute Gasteiger partial charge is 0.481 e. The fraction of sp³-hybridized carbons (Fsp3) is 0.105. The predicted octanol–water partition coefficient (Wildman–Crippen LogP) is 5.01. The summed E-state index contributed by atoms with van der Waals surface area (Å²) in [6, 6.07) is 21.2.